The van der Waals surface area contributed by atoms with Crippen molar-refractivity contribution >= 4 is 17.5 Å². The standard InChI is InChI=1S/C12H10F3N3O3/c1-2-21-18-11(20)10(19)17-8-4-3-7(6-16)9(5-8)12(13,14)15/h3-5H,2H2,1H3,(H,17,19)(H,18,20). The topological polar surface area (TPSA) is 91.2 Å². The van der Waals surface area contributed by atoms with Crippen LogP contribution in [0, 0.1) is 11.3 Å². The fourth-order valence-electron chi connectivity index (χ4n) is 1.33. The molecule has 2 N–H and O–H groups in total. The molecule has 0 spiro atoms. The number of alkyl halides is 3. The van der Waals surface area contributed by atoms with E-state index in [4.69, 9.17) is 5.26 Å². The number of hydroxylamine groups is 1. The first-order valence-electron chi connectivity index (χ1n) is 5.64. The van der Waals surface area contributed by atoms with Gasteiger partial charge in [0, 0.05) is 5.69 Å². The van der Waals surface area contributed by atoms with Crippen LogP contribution < -0.4 is 10.8 Å². The summed E-state index contributed by atoms with van der Waals surface area (Å²) in [5, 5.41) is 10.6. The number of nitriles is 1. The molecule has 1 rings (SSSR count). The third kappa shape index (κ3) is 4.47. The molecule has 0 aliphatic carbocycles. The van der Waals surface area contributed by atoms with Crippen molar-refractivity contribution in [2.75, 3.05) is 11.9 Å². The average molecular weight is 301 g/mol. The van der Waals surface area contributed by atoms with Gasteiger partial charge in [-0.3, -0.25) is 14.4 Å². The van der Waals surface area contributed by atoms with Crippen molar-refractivity contribution in [1.82, 2.24) is 5.48 Å². The highest BCUT2D eigenvalue weighted by atomic mass is 19.4. The summed E-state index contributed by atoms with van der Waals surface area (Å²) in [5.74, 6) is -2.35. The Kier molecular flexibility index (Phi) is 5.26. The number of hydrogen-bond acceptors (Lipinski definition) is 4. The molecule has 1 aromatic rings. The van der Waals surface area contributed by atoms with Crippen LogP contribution in [0.1, 0.15) is 18.1 Å². The Hall–Kier alpha value is -2.60. The van der Waals surface area contributed by atoms with Gasteiger partial charge in [-0.25, -0.2) is 5.48 Å². The van der Waals surface area contributed by atoms with E-state index in [1.165, 1.54) is 6.07 Å². The van der Waals surface area contributed by atoms with Crippen LogP contribution in [-0.4, -0.2) is 18.4 Å². The lowest BCUT2D eigenvalue weighted by Crippen LogP contribution is -2.35. The van der Waals surface area contributed by atoms with Crippen molar-refractivity contribution < 1.29 is 27.6 Å². The van der Waals surface area contributed by atoms with E-state index in [1.54, 1.807) is 12.4 Å². The molecule has 0 aliphatic heterocycles. The molecule has 0 heterocycles. The molecule has 0 unspecified atom stereocenters. The Balaban J connectivity index is 2.94. The third-order valence-corrected chi connectivity index (χ3v) is 2.22. The Morgan fingerprint density at radius 3 is 2.52 bits per heavy atom. The number of rotatable bonds is 3. The summed E-state index contributed by atoms with van der Waals surface area (Å²) >= 11 is 0. The second kappa shape index (κ2) is 6.71. The van der Waals surface area contributed by atoms with E-state index >= 15 is 0 Å². The third-order valence-electron chi connectivity index (χ3n) is 2.22. The zero-order valence-corrected chi connectivity index (χ0v) is 10.7. The van der Waals surface area contributed by atoms with Gasteiger partial charge in [0.15, 0.2) is 0 Å². The molecule has 0 bridgehead atoms. The Labute approximate surface area is 117 Å². The van der Waals surface area contributed by atoms with Gasteiger partial charge in [0.1, 0.15) is 0 Å². The number of nitrogens with zero attached hydrogens (tertiary/aromatic N) is 1. The number of benzene rings is 1. The lowest BCUT2D eigenvalue weighted by molar-refractivity contribution is -0.144. The van der Waals surface area contributed by atoms with E-state index in [1.807, 2.05) is 5.32 Å². The SMILES string of the molecule is CCONC(=O)C(=O)Nc1ccc(C#N)c(C(F)(F)F)c1. The molecular formula is C12H10F3N3O3. The predicted octanol–water partition coefficient (Wildman–Crippen LogP) is 1.58. The second-order valence-corrected chi connectivity index (χ2v) is 3.69. The summed E-state index contributed by atoms with van der Waals surface area (Å²) in [6.45, 7) is 1.68. The van der Waals surface area contributed by atoms with Gasteiger partial charge in [0.05, 0.1) is 23.8 Å². The molecule has 0 radical (unpaired) electrons. The van der Waals surface area contributed by atoms with Gasteiger partial charge in [-0.1, -0.05) is 0 Å². The van der Waals surface area contributed by atoms with Gasteiger partial charge >= 0.3 is 18.0 Å². The number of amides is 2. The maximum atomic E-state index is 12.7. The minimum Gasteiger partial charge on any atom is -0.318 e. The van der Waals surface area contributed by atoms with Gasteiger partial charge in [-0.2, -0.15) is 18.4 Å². The summed E-state index contributed by atoms with van der Waals surface area (Å²) in [6.07, 6.45) is -4.75. The Morgan fingerprint density at radius 1 is 1.33 bits per heavy atom. The van der Waals surface area contributed by atoms with Crippen LogP contribution >= 0.6 is 0 Å². The minimum absolute atomic E-state index is 0.119. The maximum Gasteiger partial charge on any atom is 0.417 e. The fraction of sp³-hybridized carbons (Fsp3) is 0.250. The van der Waals surface area contributed by atoms with Crippen LogP contribution in [-0.2, 0) is 20.6 Å². The van der Waals surface area contributed by atoms with E-state index in [2.05, 4.69) is 4.84 Å². The monoisotopic (exact) mass is 301 g/mol. The first kappa shape index (κ1) is 16.5. The van der Waals surface area contributed by atoms with Crippen molar-refractivity contribution in [2.24, 2.45) is 0 Å². The molecule has 21 heavy (non-hydrogen) atoms. The van der Waals surface area contributed by atoms with Gasteiger partial charge in [0.25, 0.3) is 0 Å². The predicted molar refractivity (Wildman–Crippen MR) is 64.6 cm³/mol. The second-order valence-electron chi connectivity index (χ2n) is 3.69. The highest BCUT2D eigenvalue weighted by molar-refractivity contribution is 6.39. The summed E-state index contributed by atoms with van der Waals surface area (Å²) in [4.78, 5) is 27.1. The molecule has 2 amide bonds. The molecule has 0 saturated carbocycles. The lowest BCUT2D eigenvalue weighted by atomic mass is 10.1. The number of carbonyl (C=O) groups excluding carboxylic acids is 2. The first-order chi connectivity index (χ1) is 9.79. The number of halogens is 3. The fourth-order valence-corrected chi connectivity index (χ4v) is 1.33. The molecule has 0 aliphatic rings. The van der Waals surface area contributed by atoms with E-state index in [-0.39, 0.29) is 12.3 Å². The molecule has 1 aromatic carbocycles. The summed E-state index contributed by atoms with van der Waals surface area (Å²) in [7, 11) is 0. The van der Waals surface area contributed by atoms with Gasteiger partial charge in [-0.15, -0.1) is 0 Å². The summed E-state index contributed by atoms with van der Waals surface area (Å²) in [6, 6.07) is 3.96. The van der Waals surface area contributed by atoms with Crippen molar-refractivity contribution in [3.8, 4) is 6.07 Å². The van der Waals surface area contributed by atoms with Crippen LogP contribution in [0.25, 0.3) is 0 Å². The Morgan fingerprint density at radius 2 is 2.00 bits per heavy atom. The van der Waals surface area contributed by atoms with Crippen LogP contribution in [0.3, 0.4) is 0 Å². The van der Waals surface area contributed by atoms with Crippen LogP contribution in [0.4, 0.5) is 18.9 Å². The summed E-state index contributed by atoms with van der Waals surface area (Å²) < 4.78 is 38.1. The number of anilines is 1. The molecule has 0 aromatic heterocycles. The number of carbonyl (C=O) groups is 2. The maximum absolute atomic E-state index is 12.7. The van der Waals surface area contributed by atoms with Gasteiger partial charge < -0.3 is 5.32 Å². The normalized spacial score (nSPS) is 10.6. The van der Waals surface area contributed by atoms with E-state index < -0.39 is 29.1 Å². The van der Waals surface area contributed by atoms with E-state index in [0.717, 1.165) is 12.1 Å². The van der Waals surface area contributed by atoms with E-state index in [0.29, 0.717) is 6.07 Å². The highest BCUT2D eigenvalue weighted by Crippen LogP contribution is 2.33. The number of hydrogen-bond donors (Lipinski definition) is 2. The van der Waals surface area contributed by atoms with E-state index in [9.17, 15) is 22.8 Å². The number of nitrogens with one attached hydrogen (secondary N) is 2. The molecular weight excluding hydrogens is 291 g/mol. The minimum atomic E-state index is -4.75. The van der Waals surface area contributed by atoms with Crippen molar-refractivity contribution in [3.05, 3.63) is 29.3 Å². The van der Waals surface area contributed by atoms with Crippen LogP contribution in [0.2, 0.25) is 0 Å². The zero-order chi connectivity index (χ0) is 16.0. The quantitative estimate of drug-likeness (QED) is 0.655. The molecule has 9 heteroatoms. The zero-order valence-electron chi connectivity index (χ0n) is 10.7. The van der Waals surface area contributed by atoms with Crippen molar-refractivity contribution in [1.29, 1.82) is 5.26 Å². The van der Waals surface area contributed by atoms with Gasteiger partial charge in [0.2, 0.25) is 0 Å². The lowest BCUT2D eigenvalue weighted by Gasteiger charge is -2.11. The highest BCUT2D eigenvalue weighted by Gasteiger charge is 2.34. The Bertz CT molecular complexity index is 594. The van der Waals surface area contributed by atoms with Crippen LogP contribution in [0.5, 0.6) is 0 Å². The van der Waals surface area contributed by atoms with Crippen molar-refractivity contribution in [2.45, 2.75) is 13.1 Å². The first-order valence-corrected chi connectivity index (χ1v) is 5.64. The largest absolute Gasteiger partial charge is 0.417 e. The van der Waals surface area contributed by atoms with Crippen LogP contribution in [0.15, 0.2) is 18.2 Å². The molecule has 112 valence electrons. The molecule has 0 fully saturated rings. The molecule has 0 atom stereocenters. The molecule has 0 saturated heterocycles. The average Bonchev–Trinajstić information content (AvgIpc) is 2.43. The van der Waals surface area contributed by atoms with Crippen molar-refractivity contribution in [3.63, 3.8) is 0 Å². The smallest absolute Gasteiger partial charge is 0.318 e. The molecule has 6 nitrogen and oxygen atoms in total. The van der Waals surface area contributed by atoms with Gasteiger partial charge in [-0.05, 0) is 25.1 Å². The summed E-state index contributed by atoms with van der Waals surface area (Å²) in [5.41, 5.74) is -0.256.